The molecule has 19 heavy (non-hydrogen) atoms. The van der Waals surface area contributed by atoms with Gasteiger partial charge in [0.05, 0.1) is 16.8 Å². The maximum atomic E-state index is 11.9. The van der Waals surface area contributed by atoms with Gasteiger partial charge in [0, 0.05) is 6.20 Å². The Morgan fingerprint density at radius 1 is 1.21 bits per heavy atom. The molecule has 2 heterocycles. The second kappa shape index (κ2) is 4.09. The number of aromatic carboxylic acids is 1. The standard InChI is InChI=1S/C13H9N3O3/c17-12(18)8-3-5-9(6-4-8)16-11-10(15-13(16)19)2-1-7-14-11/h1-7H,(H,15,19)(H,17,18). The first-order valence-electron chi connectivity index (χ1n) is 5.56. The Hall–Kier alpha value is -2.89. The van der Waals surface area contributed by atoms with Crippen molar-refractivity contribution in [2.45, 2.75) is 0 Å². The summed E-state index contributed by atoms with van der Waals surface area (Å²) in [5, 5.41) is 8.85. The van der Waals surface area contributed by atoms with Crippen molar-refractivity contribution in [3.63, 3.8) is 0 Å². The number of hydrogen-bond acceptors (Lipinski definition) is 3. The minimum absolute atomic E-state index is 0.171. The molecule has 3 aromatic rings. The SMILES string of the molecule is O=C(O)c1ccc(-n2c(=O)[nH]c3cccnc32)cc1. The van der Waals surface area contributed by atoms with E-state index < -0.39 is 5.97 Å². The molecular weight excluding hydrogens is 246 g/mol. The highest BCUT2D eigenvalue weighted by molar-refractivity contribution is 5.87. The van der Waals surface area contributed by atoms with Crippen LogP contribution >= 0.6 is 0 Å². The van der Waals surface area contributed by atoms with Crippen LogP contribution in [0.25, 0.3) is 16.9 Å². The summed E-state index contributed by atoms with van der Waals surface area (Å²) in [5.41, 5.74) is 1.58. The summed E-state index contributed by atoms with van der Waals surface area (Å²) >= 11 is 0. The number of nitrogens with one attached hydrogen (secondary N) is 1. The zero-order valence-corrected chi connectivity index (χ0v) is 9.70. The zero-order chi connectivity index (χ0) is 13.4. The third kappa shape index (κ3) is 1.79. The van der Waals surface area contributed by atoms with Crippen molar-refractivity contribution in [2.75, 3.05) is 0 Å². The number of H-pyrrole nitrogens is 1. The van der Waals surface area contributed by atoms with Crippen LogP contribution in [-0.2, 0) is 0 Å². The van der Waals surface area contributed by atoms with Crippen LogP contribution in [0.15, 0.2) is 47.4 Å². The number of carbonyl (C=O) groups is 1. The molecule has 3 rings (SSSR count). The molecule has 0 aliphatic heterocycles. The molecule has 0 radical (unpaired) electrons. The normalized spacial score (nSPS) is 10.7. The van der Waals surface area contributed by atoms with Gasteiger partial charge in [0.2, 0.25) is 0 Å². The van der Waals surface area contributed by atoms with Crippen molar-refractivity contribution in [3.8, 4) is 5.69 Å². The topological polar surface area (TPSA) is 88.0 Å². The maximum absolute atomic E-state index is 11.9. The number of hydrogen-bond donors (Lipinski definition) is 2. The van der Waals surface area contributed by atoms with E-state index >= 15 is 0 Å². The molecule has 6 heteroatoms. The van der Waals surface area contributed by atoms with E-state index in [-0.39, 0.29) is 11.3 Å². The highest BCUT2D eigenvalue weighted by Crippen LogP contribution is 2.13. The Kier molecular flexibility index (Phi) is 2.42. The minimum atomic E-state index is -1.00. The van der Waals surface area contributed by atoms with Crippen LogP contribution in [0.2, 0.25) is 0 Å². The van der Waals surface area contributed by atoms with Gasteiger partial charge in [-0.05, 0) is 36.4 Å². The summed E-state index contributed by atoms with van der Waals surface area (Å²) in [7, 11) is 0. The summed E-state index contributed by atoms with van der Waals surface area (Å²) in [4.78, 5) is 29.5. The number of fused-ring (bicyclic) bond motifs is 1. The lowest BCUT2D eigenvalue weighted by Gasteiger charge is -2.02. The summed E-state index contributed by atoms with van der Waals surface area (Å²) in [5.74, 6) is -1.00. The molecular formula is C13H9N3O3. The largest absolute Gasteiger partial charge is 0.478 e. The van der Waals surface area contributed by atoms with Crippen molar-refractivity contribution in [1.82, 2.24) is 14.5 Å². The van der Waals surface area contributed by atoms with Crippen LogP contribution in [0.4, 0.5) is 0 Å². The summed E-state index contributed by atoms with van der Waals surface area (Å²) in [6, 6.07) is 9.54. The molecule has 94 valence electrons. The van der Waals surface area contributed by atoms with Gasteiger partial charge in [-0.2, -0.15) is 0 Å². The van der Waals surface area contributed by atoms with Crippen LogP contribution < -0.4 is 5.69 Å². The van der Waals surface area contributed by atoms with Gasteiger partial charge in [-0.15, -0.1) is 0 Å². The molecule has 0 unspecified atom stereocenters. The molecule has 2 N–H and O–H groups in total. The molecule has 0 aliphatic rings. The minimum Gasteiger partial charge on any atom is -0.478 e. The number of imidazole rings is 1. The van der Waals surface area contributed by atoms with E-state index in [2.05, 4.69) is 9.97 Å². The first-order valence-corrected chi connectivity index (χ1v) is 5.56. The van der Waals surface area contributed by atoms with Gasteiger partial charge < -0.3 is 10.1 Å². The molecule has 0 aliphatic carbocycles. The third-order valence-corrected chi connectivity index (χ3v) is 2.82. The molecule has 0 atom stereocenters. The third-order valence-electron chi connectivity index (χ3n) is 2.82. The van der Waals surface area contributed by atoms with Crippen molar-refractivity contribution in [3.05, 3.63) is 58.6 Å². The number of rotatable bonds is 2. The second-order valence-electron chi connectivity index (χ2n) is 3.99. The lowest BCUT2D eigenvalue weighted by Crippen LogP contribution is -2.15. The Morgan fingerprint density at radius 2 is 1.95 bits per heavy atom. The van der Waals surface area contributed by atoms with E-state index in [1.54, 1.807) is 30.5 Å². The summed E-state index contributed by atoms with van der Waals surface area (Å²) in [6.45, 7) is 0. The lowest BCUT2D eigenvalue weighted by molar-refractivity contribution is 0.0697. The van der Waals surface area contributed by atoms with E-state index in [1.807, 2.05) is 0 Å². The number of aromatic amines is 1. The average molecular weight is 255 g/mol. The highest BCUT2D eigenvalue weighted by Gasteiger charge is 2.10. The van der Waals surface area contributed by atoms with E-state index in [4.69, 9.17) is 5.11 Å². The van der Waals surface area contributed by atoms with Crippen LogP contribution in [-0.4, -0.2) is 25.6 Å². The molecule has 0 bridgehead atoms. The van der Waals surface area contributed by atoms with E-state index in [9.17, 15) is 9.59 Å². The fraction of sp³-hybridized carbons (Fsp3) is 0. The summed E-state index contributed by atoms with van der Waals surface area (Å²) < 4.78 is 1.40. The molecule has 0 saturated heterocycles. The molecule has 0 saturated carbocycles. The van der Waals surface area contributed by atoms with Gasteiger partial charge in [-0.3, -0.25) is 0 Å². The molecule has 0 fully saturated rings. The lowest BCUT2D eigenvalue weighted by atomic mass is 10.2. The van der Waals surface area contributed by atoms with E-state index in [0.717, 1.165) is 0 Å². The van der Waals surface area contributed by atoms with Gasteiger partial charge in [0.1, 0.15) is 0 Å². The van der Waals surface area contributed by atoms with Crippen LogP contribution in [0.5, 0.6) is 0 Å². The number of nitrogens with zero attached hydrogens (tertiary/aromatic N) is 2. The highest BCUT2D eigenvalue weighted by atomic mass is 16.4. The predicted octanol–water partition coefficient (Wildman–Crippen LogP) is 1.41. The van der Waals surface area contributed by atoms with Crippen LogP contribution in [0, 0.1) is 0 Å². The van der Waals surface area contributed by atoms with Crippen molar-refractivity contribution < 1.29 is 9.90 Å². The van der Waals surface area contributed by atoms with Gasteiger partial charge >= 0.3 is 11.7 Å². The first-order chi connectivity index (χ1) is 9.16. The van der Waals surface area contributed by atoms with Gasteiger partial charge in [-0.25, -0.2) is 19.1 Å². The number of pyridine rings is 1. The Balaban J connectivity index is 2.21. The molecule has 6 nitrogen and oxygen atoms in total. The Morgan fingerprint density at radius 3 is 2.63 bits per heavy atom. The van der Waals surface area contributed by atoms with E-state index in [0.29, 0.717) is 16.9 Å². The van der Waals surface area contributed by atoms with Gasteiger partial charge in [-0.1, -0.05) is 0 Å². The molecule has 0 spiro atoms. The zero-order valence-electron chi connectivity index (χ0n) is 9.70. The number of carboxylic acids is 1. The van der Waals surface area contributed by atoms with Gasteiger partial charge in [0.15, 0.2) is 5.65 Å². The number of benzene rings is 1. The predicted molar refractivity (Wildman–Crippen MR) is 68.7 cm³/mol. The van der Waals surface area contributed by atoms with E-state index in [1.165, 1.54) is 16.7 Å². The summed E-state index contributed by atoms with van der Waals surface area (Å²) in [6.07, 6.45) is 1.59. The first kappa shape index (κ1) is 11.2. The monoisotopic (exact) mass is 255 g/mol. The van der Waals surface area contributed by atoms with Crippen LogP contribution in [0.3, 0.4) is 0 Å². The van der Waals surface area contributed by atoms with Crippen molar-refractivity contribution in [1.29, 1.82) is 0 Å². The number of carboxylic acid groups (broad SMARTS) is 1. The molecule has 0 amide bonds. The van der Waals surface area contributed by atoms with Gasteiger partial charge in [0.25, 0.3) is 0 Å². The molecule has 2 aromatic heterocycles. The quantitative estimate of drug-likeness (QED) is 0.724. The van der Waals surface area contributed by atoms with Crippen molar-refractivity contribution >= 4 is 17.1 Å². The maximum Gasteiger partial charge on any atom is 0.335 e. The Bertz CT molecular complexity index is 815. The molecule has 1 aromatic carbocycles. The average Bonchev–Trinajstić information content (AvgIpc) is 2.74. The van der Waals surface area contributed by atoms with Crippen molar-refractivity contribution in [2.24, 2.45) is 0 Å². The fourth-order valence-electron chi connectivity index (χ4n) is 1.93. The fourth-order valence-corrected chi connectivity index (χ4v) is 1.93. The Labute approximate surface area is 107 Å². The number of aromatic nitrogens is 3. The smallest absolute Gasteiger partial charge is 0.335 e. The van der Waals surface area contributed by atoms with Crippen LogP contribution in [0.1, 0.15) is 10.4 Å². The second-order valence-corrected chi connectivity index (χ2v) is 3.99.